The molecule has 0 saturated carbocycles. The van der Waals surface area contributed by atoms with E-state index in [2.05, 4.69) is 4.90 Å². The summed E-state index contributed by atoms with van der Waals surface area (Å²) in [5.74, 6) is 0.237. The average molecular weight is 325 g/mol. The van der Waals surface area contributed by atoms with Crippen molar-refractivity contribution in [2.24, 2.45) is 0 Å². The molecule has 6 heteroatoms. The van der Waals surface area contributed by atoms with Gasteiger partial charge in [0.2, 0.25) is 0 Å². The normalized spacial score (nSPS) is 27.6. The molecule has 23 heavy (non-hydrogen) atoms. The maximum absolute atomic E-state index is 12.9. The van der Waals surface area contributed by atoms with Gasteiger partial charge in [0.25, 0.3) is 0 Å². The lowest BCUT2D eigenvalue weighted by Crippen LogP contribution is -2.52. The van der Waals surface area contributed by atoms with E-state index in [9.17, 15) is 9.50 Å². The van der Waals surface area contributed by atoms with Crippen LogP contribution in [0, 0.1) is 5.82 Å². The van der Waals surface area contributed by atoms with Gasteiger partial charge in [0.15, 0.2) is 0 Å². The zero-order valence-corrected chi connectivity index (χ0v) is 13.2. The van der Waals surface area contributed by atoms with Gasteiger partial charge < -0.3 is 19.3 Å². The summed E-state index contributed by atoms with van der Waals surface area (Å²) < 4.78 is 29.6. The molecule has 2 fully saturated rings. The van der Waals surface area contributed by atoms with E-state index in [0.29, 0.717) is 24.9 Å². The van der Waals surface area contributed by atoms with Crippen LogP contribution in [0.5, 0.6) is 5.75 Å². The SMILES string of the molecule is O[C@]1(COc2ccc(F)cc2)COCCN(C2CCOCC2)C1. The number of hydrogen-bond donors (Lipinski definition) is 1. The fourth-order valence-corrected chi connectivity index (χ4v) is 3.14. The Bertz CT molecular complexity index is 492. The summed E-state index contributed by atoms with van der Waals surface area (Å²) in [6.45, 7) is 3.84. The van der Waals surface area contributed by atoms with Crippen molar-refractivity contribution in [3.63, 3.8) is 0 Å². The number of nitrogens with zero attached hydrogens (tertiary/aromatic N) is 1. The number of benzene rings is 1. The van der Waals surface area contributed by atoms with E-state index in [1.165, 1.54) is 12.1 Å². The zero-order valence-electron chi connectivity index (χ0n) is 13.2. The number of rotatable bonds is 4. The molecule has 2 aliphatic heterocycles. The van der Waals surface area contributed by atoms with Crippen LogP contribution in [0.15, 0.2) is 24.3 Å². The van der Waals surface area contributed by atoms with Gasteiger partial charge in [-0.1, -0.05) is 0 Å². The molecular weight excluding hydrogens is 301 g/mol. The first-order chi connectivity index (χ1) is 11.1. The lowest BCUT2D eigenvalue weighted by atomic mass is 10.0. The van der Waals surface area contributed by atoms with E-state index in [1.807, 2.05) is 0 Å². The van der Waals surface area contributed by atoms with Crippen molar-refractivity contribution in [3.8, 4) is 5.75 Å². The van der Waals surface area contributed by atoms with Gasteiger partial charge >= 0.3 is 0 Å². The number of halogens is 1. The molecule has 0 aromatic heterocycles. The number of β-amino-alcohol motifs (C(OH)–C–C–N with tert-alkyl or cyclic N) is 1. The summed E-state index contributed by atoms with van der Waals surface area (Å²) in [6.07, 6.45) is 1.96. The topological polar surface area (TPSA) is 51.2 Å². The molecule has 128 valence electrons. The highest BCUT2D eigenvalue weighted by molar-refractivity contribution is 5.22. The van der Waals surface area contributed by atoms with E-state index in [0.717, 1.165) is 32.6 Å². The minimum absolute atomic E-state index is 0.123. The average Bonchev–Trinajstić information content (AvgIpc) is 2.78. The Hall–Kier alpha value is -1.21. The van der Waals surface area contributed by atoms with Crippen molar-refractivity contribution < 1.29 is 23.7 Å². The van der Waals surface area contributed by atoms with Gasteiger partial charge in [-0.2, -0.15) is 0 Å². The highest BCUT2D eigenvalue weighted by atomic mass is 19.1. The van der Waals surface area contributed by atoms with Crippen molar-refractivity contribution in [1.29, 1.82) is 0 Å². The molecule has 1 aromatic carbocycles. The quantitative estimate of drug-likeness (QED) is 0.908. The Morgan fingerprint density at radius 2 is 1.91 bits per heavy atom. The van der Waals surface area contributed by atoms with E-state index in [1.54, 1.807) is 12.1 Å². The molecule has 2 heterocycles. The third-order valence-electron chi connectivity index (χ3n) is 4.42. The minimum Gasteiger partial charge on any atom is -0.490 e. The Morgan fingerprint density at radius 3 is 2.65 bits per heavy atom. The third-order valence-corrected chi connectivity index (χ3v) is 4.42. The number of ether oxygens (including phenoxy) is 3. The van der Waals surface area contributed by atoms with E-state index in [4.69, 9.17) is 14.2 Å². The maximum Gasteiger partial charge on any atom is 0.134 e. The van der Waals surface area contributed by atoms with Crippen LogP contribution >= 0.6 is 0 Å². The summed E-state index contributed by atoms with van der Waals surface area (Å²) in [5, 5.41) is 10.9. The van der Waals surface area contributed by atoms with Gasteiger partial charge in [0, 0.05) is 32.3 Å². The van der Waals surface area contributed by atoms with Gasteiger partial charge in [0.1, 0.15) is 23.8 Å². The lowest BCUT2D eigenvalue weighted by molar-refractivity contribution is -0.0714. The van der Waals surface area contributed by atoms with Crippen molar-refractivity contribution >= 4 is 0 Å². The molecule has 1 N–H and O–H groups in total. The molecule has 0 spiro atoms. The third kappa shape index (κ3) is 4.64. The second kappa shape index (κ2) is 7.57. The van der Waals surface area contributed by atoms with Crippen LogP contribution in [-0.4, -0.2) is 67.8 Å². The molecule has 5 nitrogen and oxygen atoms in total. The maximum atomic E-state index is 12.9. The van der Waals surface area contributed by atoms with Crippen molar-refractivity contribution in [2.45, 2.75) is 24.5 Å². The molecule has 2 aliphatic rings. The molecule has 1 atom stereocenters. The highest BCUT2D eigenvalue weighted by Crippen LogP contribution is 2.21. The van der Waals surface area contributed by atoms with E-state index in [-0.39, 0.29) is 19.0 Å². The Kier molecular flexibility index (Phi) is 5.48. The molecule has 1 aromatic rings. The van der Waals surface area contributed by atoms with Gasteiger partial charge in [-0.3, -0.25) is 4.90 Å². The Labute approximate surface area is 135 Å². The standard InChI is InChI=1S/C17H24FNO4/c18-14-1-3-16(4-2-14)23-13-17(20)11-19(7-10-22-12-17)15-5-8-21-9-6-15/h1-4,15,20H,5-13H2/t17-/m0/s1. The predicted octanol–water partition coefficient (Wildman–Crippen LogP) is 1.45. The van der Waals surface area contributed by atoms with Crippen LogP contribution in [0.1, 0.15) is 12.8 Å². The summed E-state index contributed by atoms with van der Waals surface area (Å²) in [4.78, 5) is 2.28. The summed E-state index contributed by atoms with van der Waals surface area (Å²) in [6, 6.07) is 6.23. The van der Waals surface area contributed by atoms with E-state index >= 15 is 0 Å². The molecule has 0 amide bonds. The zero-order chi connectivity index (χ0) is 16.1. The Morgan fingerprint density at radius 1 is 1.17 bits per heavy atom. The highest BCUT2D eigenvalue weighted by Gasteiger charge is 2.36. The fraction of sp³-hybridized carbons (Fsp3) is 0.647. The molecule has 0 aliphatic carbocycles. The monoisotopic (exact) mass is 325 g/mol. The molecule has 3 rings (SSSR count). The largest absolute Gasteiger partial charge is 0.490 e. The fourth-order valence-electron chi connectivity index (χ4n) is 3.14. The van der Waals surface area contributed by atoms with Crippen molar-refractivity contribution in [3.05, 3.63) is 30.1 Å². The van der Waals surface area contributed by atoms with E-state index < -0.39 is 5.60 Å². The number of aliphatic hydroxyl groups is 1. The lowest BCUT2D eigenvalue weighted by Gasteiger charge is -2.37. The molecule has 0 unspecified atom stereocenters. The summed E-state index contributed by atoms with van der Waals surface area (Å²) in [5.41, 5.74) is -1.07. The van der Waals surface area contributed by atoms with Crippen LogP contribution in [0.25, 0.3) is 0 Å². The van der Waals surface area contributed by atoms with Crippen LogP contribution < -0.4 is 4.74 Å². The minimum atomic E-state index is -1.07. The first kappa shape index (κ1) is 16.6. The van der Waals surface area contributed by atoms with Crippen LogP contribution in [0.4, 0.5) is 4.39 Å². The predicted molar refractivity (Wildman–Crippen MR) is 83.1 cm³/mol. The van der Waals surface area contributed by atoms with Crippen molar-refractivity contribution in [2.75, 3.05) is 46.1 Å². The van der Waals surface area contributed by atoms with Gasteiger partial charge in [0.05, 0.1) is 13.2 Å². The smallest absolute Gasteiger partial charge is 0.134 e. The summed E-state index contributed by atoms with van der Waals surface area (Å²) >= 11 is 0. The second-order valence-electron chi connectivity index (χ2n) is 6.33. The summed E-state index contributed by atoms with van der Waals surface area (Å²) in [7, 11) is 0. The first-order valence-corrected chi connectivity index (χ1v) is 8.15. The van der Waals surface area contributed by atoms with Crippen LogP contribution in [0.3, 0.4) is 0 Å². The molecule has 0 radical (unpaired) electrons. The van der Waals surface area contributed by atoms with Crippen molar-refractivity contribution in [1.82, 2.24) is 4.90 Å². The molecule has 2 saturated heterocycles. The molecule has 0 bridgehead atoms. The number of hydrogen-bond acceptors (Lipinski definition) is 5. The first-order valence-electron chi connectivity index (χ1n) is 8.15. The van der Waals surface area contributed by atoms with Gasteiger partial charge in [-0.15, -0.1) is 0 Å². The van der Waals surface area contributed by atoms with Crippen LogP contribution in [-0.2, 0) is 9.47 Å². The second-order valence-corrected chi connectivity index (χ2v) is 6.33. The van der Waals surface area contributed by atoms with Crippen LogP contribution in [0.2, 0.25) is 0 Å². The molecular formula is C17H24FNO4. The Balaban J connectivity index is 1.60. The van der Waals surface area contributed by atoms with Gasteiger partial charge in [-0.05, 0) is 37.1 Å². The van der Waals surface area contributed by atoms with Gasteiger partial charge in [-0.25, -0.2) is 4.39 Å².